The summed E-state index contributed by atoms with van der Waals surface area (Å²) in [5.74, 6) is 0. The molecule has 0 saturated heterocycles. The van der Waals surface area contributed by atoms with E-state index in [2.05, 4.69) is 5.10 Å². The third-order valence-corrected chi connectivity index (χ3v) is 1.67. The van der Waals surface area contributed by atoms with Crippen molar-refractivity contribution in [3.8, 4) is 0 Å². The molecular formula is C7H5ClN2. The van der Waals surface area contributed by atoms with Gasteiger partial charge in [0.25, 0.3) is 0 Å². The van der Waals surface area contributed by atoms with Crippen LogP contribution in [0.4, 0.5) is 0 Å². The van der Waals surface area contributed by atoms with Crippen molar-refractivity contribution in [3.05, 3.63) is 35.6 Å². The molecule has 0 bridgehead atoms. The highest BCUT2D eigenvalue weighted by atomic mass is 35.5. The molecule has 0 N–H and O–H groups in total. The van der Waals surface area contributed by atoms with Crippen molar-refractivity contribution in [2.75, 3.05) is 0 Å². The molecule has 0 fully saturated rings. The van der Waals surface area contributed by atoms with Crippen molar-refractivity contribution in [3.63, 3.8) is 0 Å². The predicted molar refractivity (Wildman–Crippen MR) is 40.2 cm³/mol. The number of fused-ring (bicyclic) bond motifs is 1. The van der Waals surface area contributed by atoms with Gasteiger partial charge in [-0.05, 0) is 12.1 Å². The zero-order valence-corrected chi connectivity index (χ0v) is 5.92. The van der Waals surface area contributed by atoms with E-state index >= 15 is 0 Å². The Hall–Kier alpha value is -1.02. The average Bonchev–Trinajstić information content (AvgIpc) is 2.34. The van der Waals surface area contributed by atoms with Crippen LogP contribution in [0.1, 0.15) is 0 Å². The van der Waals surface area contributed by atoms with Crippen LogP contribution in [0.15, 0.2) is 30.6 Å². The van der Waals surface area contributed by atoms with E-state index in [4.69, 9.17) is 11.6 Å². The first-order valence-electron chi connectivity index (χ1n) is 2.96. The summed E-state index contributed by atoms with van der Waals surface area (Å²) >= 11 is 5.79. The number of halogens is 1. The van der Waals surface area contributed by atoms with E-state index in [0.29, 0.717) is 5.02 Å². The van der Waals surface area contributed by atoms with Gasteiger partial charge in [0.05, 0.1) is 16.7 Å². The lowest BCUT2D eigenvalue weighted by Crippen LogP contribution is -1.81. The zero-order valence-electron chi connectivity index (χ0n) is 5.16. The van der Waals surface area contributed by atoms with Gasteiger partial charge in [0.1, 0.15) is 0 Å². The first kappa shape index (κ1) is 5.74. The van der Waals surface area contributed by atoms with Crippen LogP contribution in [0.3, 0.4) is 0 Å². The minimum Gasteiger partial charge on any atom is -0.239 e. The summed E-state index contributed by atoms with van der Waals surface area (Å²) in [4.78, 5) is 0. The Bertz CT molecular complexity index is 353. The first-order chi connectivity index (χ1) is 4.88. The van der Waals surface area contributed by atoms with Crippen LogP contribution < -0.4 is 0 Å². The van der Waals surface area contributed by atoms with Crippen molar-refractivity contribution < 1.29 is 0 Å². The number of hydrogen-bond donors (Lipinski definition) is 0. The van der Waals surface area contributed by atoms with Crippen LogP contribution in [-0.4, -0.2) is 9.61 Å². The second-order valence-electron chi connectivity index (χ2n) is 2.02. The molecule has 2 aromatic heterocycles. The van der Waals surface area contributed by atoms with E-state index in [1.165, 1.54) is 0 Å². The molecule has 3 heteroatoms. The SMILES string of the molecule is Clc1cnn2ccccc12. The molecular weight excluding hydrogens is 148 g/mol. The third-order valence-electron chi connectivity index (χ3n) is 1.38. The highest BCUT2D eigenvalue weighted by molar-refractivity contribution is 6.33. The maximum Gasteiger partial charge on any atom is 0.0864 e. The Morgan fingerprint density at radius 1 is 1.40 bits per heavy atom. The van der Waals surface area contributed by atoms with Crippen LogP contribution in [0, 0.1) is 0 Å². The van der Waals surface area contributed by atoms with Crippen molar-refractivity contribution in [1.82, 2.24) is 9.61 Å². The van der Waals surface area contributed by atoms with Crippen molar-refractivity contribution >= 4 is 17.1 Å². The second kappa shape index (κ2) is 1.99. The molecule has 50 valence electrons. The molecule has 0 atom stereocenters. The maximum absolute atomic E-state index is 5.79. The topological polar surface area (TPSA) is 17.3 Å². The monoisotopic (exact) mass is 152 g/mol. The molecule has 2 aromatic rings. The average molecular weight is 153 g/mol. The first-order valence-corrected chi connectivity index (χ1v) is 3.33. The lowest BCUT2D eigenvalue weighted by molar-refractivity contribution is 0.961. The van der Waals surface area contributed by atoms with Crippen LogP contribution in [0.25, 0.3) is 5.52 Å². The molecule has 10 heavy (non-hydrogen) atoms. The number of pyridine rings is 1. The van der Waals surface area contributed by atoms with Crippen LogP contribution in [-0.2, 0) is 0 Å². The summed E-state index contributed by atoms with van der Waals surface area (Å²) < 4.78 is 1.74. The number of nitrogens with zero attached hydrogens (tertiary/aromatic N) is 2. The van der Waals surface area contributed by atoms with Gasteiger partial charge in [-0.2, -0.15) is 5.10 Å². The number of rotatable bonds is 0. The molecule has 2 rings (SSSR count). The fourth-order valence-corrected chi connectivity index (χ4v) is 1.10. The van der Waals surface area contributed by atoms with Gasteiger partial charge in [-0.25, -0.2) is 4.52 Å². The number of aromatic nitrogens is 2. The highest BCUT2D eigenvalue weighted by Gasteiger charge is 1.96. The Morgan fingerprint density at radius 3 is 3.10 bits per heavy atom. The molecule has 0 spiro atoms. The molecule has 0 saturated carbocycles. The molecule has 0 aliphatic rings. The van der Waals surface area contributed by atoms with Gasteiger partial charge in [0.2, 0.25) is 0 Å². The Morgan fingerprint density at radius 2 is 2.30 bits per heavy atom. The molecule has 0 aromatic carbocycles. The van der Waals surface area contributed by atoms with Crippen molar-refractivity contribution in [2.45, 2.75) is 0 Å². The lowest BCUT2D eigenvalue weighted by Gasteiger charge is -1.88. The lowest BCUT2D eigenvalue weighted by atomic mass is 10.4. The van der Waals surface area contributed by atoms with Gasteiger partial charge in [0.15, 0.2) is 0 Å². The van der Waals surface area contributed by atoms with Crippen molar-refractivity contribution in [2.24, 2.45) is 0 Å². The fraction of sp³-hybridized carbons (Fsp3) is 0. The normalized spacial score (nSPS) is 10.5. The summed E-state index contributed by atoms with van der Waals surface area (Å²) in [6.45, 7) is 0. The molecule has 0 unspecified atom stereocenters. The molecule has 0 radical (unpaired) electrons. The van der Waals surface area contributed by atoms with Gasteiger partial charge < -0.3 is 0 Å². The zero-order chi connectivity index (χ0) is 6.97. The van der Waals surface area contributed by atoms with Crippen LogP contribution in [0.5, 0.6) is 0 Å². The third kappa shape index (κ3) is 0.693. The molecule has 0 aliphatic heterocycles. The van der Waals surface area contributed by atoms with Gasteiger partial charge in [0, 0.05) is 6.20 Å². The van der Waals surface area contributed by atoms with Gasteiger partial charge in [-0.1, -0.05) is 17.7 Å². The molecule has 0 aliphatic carbocycles. The smallest absolute Gasteiger partial charge is 0.0864 e. The van der Waals surface area contributed by atoms with E-state index in [9.17, 15) is 0 Å². The van der Waals surface area contributed by atoms with E-state index in [1.54, 1.807) is 10.7 Å². The second-order valence-corrected chi connectivity index (χ2v) is 2.43. The van der Waals surface area contributed by atoms with E-state index in [1.807, 2.05) is 24.4 Å². The summed E-state index contributed by atoms with van der Waals surface area (Å²) in [5, 5.41) is 4.70. The predicted octanol–water partition coefficient (Wildman–Crippen LogP) is 1.99. The number of hydrogen-bond acceptors (Lipinski definition) is 1. The van der Waals surface area contributed by atoms with Gasteiger partial charge >= 0.3 is 0 Å². The largest absolute Gasteiger partial charge is 0.239 e. The highest BCUT2D eigenvalue weighted by Crippen LogP contribution is 2.14. The van der Waals surface area contributed by atoms with E-state index in [-0.39, 0.29) is 0 Å². The van der Waals surface area contributed by atoms with Gasteiger partial charge in [-0.15, -0.1) is 0 Å². The maximum atomic E-state index is 5.79. The summed E-state index contributed by atoms with van der Waals surface area (Å²) in [6, 6.07) is 5.77. The minimum absolute atomic E-state index is 0.695. The van der Waals surface area contributed by atoms with Crippen LogP contribution >= 0.6 is 11.6 Å². The van der Waals surface area contributed by atoms with E-state index < -0.39 is 0 Å². The quantitative estimate of drug-likeness (QED) is 0.564. The molecule has 2 heterocycles. The minimum atomic E-state index is 0.695. The summed E-state index contributed by atoms with van der Waals surface area (Å²) in [5.41, 5.74) is 0.948. The fourth-order valence-electron chi connectivity index (χ4n) is 0.903. The molecule has 0 amide bonds. The Labute approximate surface area is 63.0 Å². The standard InChI is InChI=1S/C7H5ClN2/c8-6-5-9-10-4-2-1-3-7(6)10/h1-5H. The molecule has 2 nitrogen and oxygen atoms in total. The van der Waals surface area contributed by atoms with E-state index in [0.717, 1.165) is 5.52 Å². The van der Waals surface area contributed by atoms with Gasteiger partial charge in [-0.3, -0.25) is 0 Å². The Kier molecular flexibility index (Phi) is 1.14. The van der Waals surface area contributed by atoms with Crippen molar-refractivity contribution in [1.29, 1.82) is 0 Å². The summed E-state index contributed by atoms with van der Waals surface area (Å²) in [6.07, 6.45) is 3.50. The summed E-state index contributed by atoms with van der Waals surface area (Å²) in [7, 11) is 0. The Balaban J connectivity index is 2.93. The van der Waals surface area contributed by atoms with Crippen LogP contribution in [0.2, 0.25) is 5.02 Å².